The minimum Gasteiger partial charge on any atom is -0.495 e. The summed E-state index contributed by atoms with van der Waals surface area (Å²) in [5, 5.41) is 3.99. The summed E-state index contributed by atoms with van der Waals surface area (Å²) in [5.74, 6) is 0.445. The lowest BCUT2D eigenvalue weighted by Gasteiger charge is -2.36. The van der Waals surface area contributed by atoms with Gasteiger partial charge in [0.15, 0.2) is 0 Å². The minimum atomic E-state index is -0.520. The first-order valence-electron chi connectivity index (χ1n) is 7.95. The summed E-state index contributed by atoms with van der Waals surface area (Å²) in [4.78, 5) is 8.76. The van der Waals surface area contributed by atoms with E-state index in [1.807, 2.05) is 4.90 Å². The van der Waals surface area contributed by atoms with E-state index in [-0.39, 0.29) is 17.1 Å². The molecular formula is C16H22FN5O2. The van der Waals surface area contributed by atoms with Gasteiger partial charge in [0.1, 0.15) is 11.6 Å². The molecule has 0 radical (unpaired) electrons. The van der Waals surface area contributed by atoms with Crippen LogP contribution < -0.4 is 15.4 Å². The highest BCUT2D eigenvalue weighted by molar-refractivity contribution is 5.65. The third-order valence-electron chi connectivity index (χ3n) is 4.29. The summed E-state index contributed by atoms with van der Waals surface area (Å²) in [6.45, 7) is 7.85. The zero-order valence-electron chi connectivity index (χ0n) is 14.1. The Hall–Kier alpha value is -2.35. The van der Waals surface area contributed by atoms with Crippen LogP contribution in [0.3, 0.4) is 0 Å². The Morgan fingerprint density at radius 1 is 1.25 bits per heavy atom. The Bertz CT molecular complexity index is 710. The minimum absolute atomic E-state index is 0.118. The number of rotatable bonds is 4. The Labute approximate surface area is 140 Å². The van der Waals surface area contributed by atoms with Gasteiger partial charge >= 0.3 is 0 Å². The molecule has 1 saturated heterocycles. The number of halogens is 1. The summed E-state index contributed by atoms with van der Waals surface area (Å²) in [7, 11) is 1.47. The van der Waals surface area contributed by atoms with Gasteiger partial charge in [0.05, 0.1) is 18.4 Å². The molecule has 7 nitrogen and oxygen atoms in total. The van der Waals surface area contributed by atoms with Crippen LogP contribution in [-0.4, -0.2) is 54.4 Å². The summed E-state index contributed by atoms with van der Waals surface area (Å²) >= 11 is 0. The fourth-order valence-electron chi connectivity index (χ4n) is 2.80. The molecule has 1 aliphatic heterocycles. The van der Waals surface area contributed by atoms with E-state index in [4.69, 9.17) is 15.0 Å². The van der Waals surface area contributed by atoms with Gasteiger partial charge in [0, 0.05) is 38.3 Å². The maximum atomic E-state index is 14.2. The van der Waals surface area contributed by atoms with Crippen LogP contribution in [0, 0.1) is 5.82 Å². The van der Waals surface area contributed by atoms with E-state index in [1.54, 1.807) is 0 Å². The second-order valence-electron chi connectivity index (χ2n) is 6.09. The van der Waals surface area contributed by atoms with Crippen LogP contribution >= 0.6 is 0 Å². The molecule has 2 N–H and O–H groups in total. The molecule has 24 heavy (non-hydrogen) atoms. The van der Waals surface area contributed by atoms with Gasteiger partial charge in [-0.15, -0.1) is 0 Å². The van der Waals surface area contributed by atoms with Crippen LogP contribution in [0.4, 0.5) is 16.0 Å². The number of hydrogen-bond donors (Lipinski definition) is 1. The van der Waals surface area contributed by atoms with Crippen LogP contribution in [0.1, 0.15) is 13.8 Å². The normalized spacial score (nSPS) is 16.0. The van der Waals surface area contributed by atoms with Crippen molar-refractivity contribution in [2.24, 2.45) is 0 Å². The van der Waals surface area contributed by atoms with Crippen LogP contribution in [-0.2, 0) is 0 Å². The van der Waals surface area contributed by atoms with Crippen molar-refractivity contribution in [3.63, 3.8) is 0 Å². The van der Waals surface area contributed by atoms with Crippen molar-refractivity contribution >= 4 is 11.6 Å². The van der Waals surface area contributed by atoms with E-state index >= 15 is 0 Å². The largest absolute Gasteiger partial charge is 0.495 e. The molecular weight excluding hydrogens is 313 g/mol. The average molecular weight is 335 g/mol. The molecule has 0 saturated carbocycles. The number of piperazine rings is 1. The molecule has 1 aromatic heterocycles. The Morgan fingerprint density at radius 3 is 2.58 bits per heavy atom. The first-order chi connectivity index (χ1) is 11.5. The van der Waals surface area contributed by atoms with Crippen LogP contribution in [0.15, 0.2) is 16.7 Å². The van der Waals surface area contributed by atoms with E-state index in [0.29, 0.717) is 17.7 Å². The highest BCUT2D eigenvalue weighted by atomic mass is 19.1. The lowest BCUT2D eigenvalue weighted by atomic mass is 10.1. The molecule has 1 fully saturated rings. The lowest BCUT2D eigenvalue weighted by molar-refractivity contribution is 0.208. The van der Waals surface area contributed by atoms with Gasteiger partial charge in [-0.25, -0.2) is 4.39 Å². The predicted molar refractivity (Wildman–Crippen MR) is 89.6 cm³/mol. The van der Waals surface area contributed by atoms with Crippen molar-refractivity contribution in [2.45, 2.75) is 19.9 Å². The summed E-state index contributed by atoms with van der Waals surface area (Å²) in [6, 6.07) is 3.18. The third kappa shape index (κ3) is 3.14. The number of anilines is 2. The van der Waals surface area contributed by atoms with Crippen LogP contribution in [0.2, 0.25) is 0 Å². The second kappa shape index (κ2) is 6.64. The summed E-state index contributed by atoms with van der Waals surface area (Å²) in [6.07, 6.45) is 0. The molecule has 130 valence electrons. The van der Waals surface area contributed by atoms with Crippen molar-refractivity contribution in [3.8, 4) is 17.2 Å². The van der Waals surface area contributed by atoms with Crippen LogP contribution in [0.5, 0.6) is 5.75 Å². The molecule has 2 aromatic rings. The standard InChI is InChI=1S/C16H22FN5O2/c1-10(2)21-4-6-22(7-5-21)16-19-15(24-20-16)11-8-14(23-3)13(18)9-12(11)17/h8-10H,4-7,18H2,1-3H3. The molecule has 8 heteroatoms. The molecule has 1 aliphatic rings. The smallest absolute Gasteiger partial charge is 0.266 e. The third-order valence-corrected chi connectivity index (χ3v) is 4.29. The number of hydrogen-bond acceptors (Lipinski definition) is 7. The number of nitrogens with zero attached hydrogens (tertiary/aromatic N) is 4. The molecule has 1 aromatic carbocycles. The lowest BCUT2D eigenvalue weighted by Crippen LogP contribution is -2.49. The number of nitrogens with two attached hydrogens (primary N) is 1. The molecule has 2 heterocycles. The Balaban J connectivity index is 1.79. The van der Waals surface area contributed by atoms with E-state index in [2.05, 4.69) is 28.9 Å². The van der Waals surface area contributed by atoms with E-state index in [1.165, 1.54) is 19.2 Å². The van der Waals surface area contributed by atoms with Gasteiger partial charge in [0.2, 0.25) is 0 Å². The van der Waals surface area contributed by atoms with Gasteiger partial charge in [-0.1, -0.05) is 0 Å². The average Bonchev–Trinajstić information content (AvgIpc) is 3.05. The van der Waals surface area contributed by atoms with E-state index in [0.717, 1.165) is 26.2 Å². The molecule has 0 unspecified atom stereocenters. The van der Waals surface area contributed by atoms with Gasteiger partial charge < -0.3 is 19.9 Å². The number of methoxy groups -OCH3 is 1. The van der Waals surface area contributed by atoms with Crippen molar-refractivity contribution in [1.82, 2.24) is 15.0 Å². The topological polar surface area (TPSA) is 80.7 Å². The summed E-state index contributed by atoms with van der Waals surface area (Å²) in [5.41, 5.74) is 6.10. The highest BCUT2D eigenvalue weighted by Crippen LogP contribution is 2.31. The molecule has 3 rings (SSSR count). The maximum absolute atomic E-state index is 14.2. The van der Waals surface area contributed by atoms with E-state index in [9.17, 15) is 4.39 Å². The first-order valence-corrected chi connectivity index (χ1v) is 7.95. The van der Waals surface area contributed by atoms with Gasteiger partial charge in [-0.2, -0.15) is 4.98 Å². The molecule has 0 atom stereocenters. The highest BCUT2D eigenvalue weighted by Gasteiger charge is 2.23. The first kappa shape index (κ1) is 16.5. The molecule has 0 amide bonds. The molecule has 0 spiro atoms. The monoisotopic (exact) mass is 335 g/mol. The van der Waals surface area contributed by atoms with Crippen molar-refractivity contribution in [2.75, 3.05) is 43.9 Å². The Morgan fingerprint density at radius 2 is 1.96 bits per heavy atom. The van der Waals surface area contributed by atoms with Crippen molar-refractivity contribution < 1.29 is 13.7 Å². The van der Waals surface area contributed by atoms with Gasteiger partial charge in [-0.05, 0) is 25.1 Å². The summed E-state index contributed by atoms with van der Waals surface area (Å²) < 4.78 is 24.5. The van der Waals surface area contributed by atoms with Crippen molar-refractivity contribution in [1.29, 1.82) is 0 Å². The number of nitrogen functional groups attached to an aromatic ring is 1. The van der Waals surface area contributed by atoms with Crippen molar-refractivity contribution in [3.05, 3.63) is 17.9 Å². The molecule has 0 aliphatic carbocycles. The predicted octanol–water partition coefficient (Wildman–Crippen LogP) is 2.00. The second-order valence-corrected chi connectivity index (χ2v) is 6.09. The van der Waals surface area contributed by atoms with Crippen LogP contribution in [0.25, 0.3) is 11.5 Å². The fourth-order valence-corrected chi connectivity index (χ4v) is 2.80. The zero-order chi connectivity index (χ0) is 17.3. The maximum Gasteiger partial charge on any atom is 0.266 e. The number of ether oxygens (including phenoxy) is 1. The Kier molecular flexibility index (Phi) is 4.57. The zero-order valence-corrected chi connectivity index (χ0v) is 14.1. The number of aromatic nitrogens is 2. The number of benzene rings is 1. The van der Waals surface area contributed by atoms with Gasteiger partial charge in [-0.3, -0.25) is 4.90 Å². The van der Waals surface area contributed by atoms with E-state index < -0.39 is 5.82 Å². The quantitative estimate of drug-likeness (QED) is 0.856. The fraction of sp³-hybridized carbons (Fsp3) is 0.500. The van der Waals surface area contributed by atoms with Gasteiger partial charge in [0.25, 0.3) is 11.8 Å². The SMILES string of the molecule is COc1cc(-c2nc(N3CCN(C(C)C)CC3)no2)c(F)cc1N. The molecule has 0 bridgehead atoms.